The van der Waals surface area contributed by atoms with Crippen LogP contribution in [0.1, 0.15) is 18.4 Å². The minimum atomic E-state index is 0.157. The first kappa shape index (κ1) is 10.8. The second-order valence-electron chi connectivity index (χ2n) is 3.35. The zero-order chi connectivity index (χ0) is 10.5. The average molecular weight is 229 g/mol. The zero-order valence-corrected chi connectivity index (χ0v) is 9.55. The van der Waals surface area contributed by atoms with E-state index in [1.54, 1.807) is 0 Å². The molecule has 1 saturated heterocycles. The van der Waals surface area contributed by atoms with E-state index in [0.29, 0.717) is 11.8 Å². The average Bonchev–Trinajstić information content (AvgIpc) is 2.87. The quantitative estimate of drug-likeness (QED) is 0.810. The highest BCUT2D eigenvalue weighted by molar-refractivity contribution is 7.13. The first-order chi connectivity index (χ1) is 7.38. The van der Waals surface area contributed by atoms with Gasteiger partial charge in [0, 0.05) is 13.0 Å². The molecule has 15 heavy (non-hydrogen) atoms. The van der Waals surface area contributed by atoms with Crippen molar-refractivity contribution in [1.82, 2.24) is 15.5 Å². The van der Waals surface area contributed by atoms with Gasteiger partial charge in [-0.15, -0.1) is 5.10 Å². The van der Waals surface area contributed by atoms with E-state index in [-0.39, 0.29) is 6.10 Å². The van der Waals surface area contributed by atoms with Crippen LogP contribution in [0.3, 0.4) is 0 Å². The molecule has 0 bridgehead atoms. The van der Waals surface area contributed by atoms with Crippen LogP contribution in [0.25, 0.3) is 0 Å². The maximum atomic E-state index is 5.63. The molecule has 1 aliphatic rings. The highest BCUT2D eigenvalue weighted by Gasteiger charge is 2.18. The van der Waals surface area contributed by atoms with Gasteiger partial charge in [0.2, 0.25) is 0 Å². The Bertz CT molecular complexity index is 299. The lowest BCUT2D eigenvalue weighted by Crippen LogP contribution is -2.15. The molecule has 2 rings (SSSR count). The van der Waals surface area contributed by atoms with Crippen molar-refractivity contribution >= 4 is 11.3 Å². The largest absolute Gasteiger partial charge is 0.463 e. The van der Waals surface area contributed by atoms with Crippen LogP contribution in [-0.2, 0) is 11.3 Å². The summed E-state index contributed by atoms with van der Waals surface area (Å²) in [6.45, 7) is 5.22. The fraction of sp³-hybridized carbons (Fsp3) is 0.778. The SMILES string of the molecule is CCNCc1nnc(OC2CCOC2)s1. The van der Waals surface area contributed by atoms with Crippen LogP contribution in [0.2, 0.25) is 0 Å². The van der Waals surface area contributed by atoms with Crippen molar-refractivity contribution < 1.29 is 9.47 Å². The number of nitrogens with zero attached hydrogens (tertiary/aromatic N) is 2. The summed E-state index contributed by atoms with van der Waals surface area (Å²) in [4.78, 5) is 0. The second-order valence-corrected chi connectivity index (χ2v) is 4.37. The zero-order valence-electron chi connectivity index (χ0n) is 8.73. The van der Waals surface area contributed by atoms with Gasteiger partial charge in [0.05, 0.1) is 13.2 Å². The Morgan fingerprint density at radius 3 is 3.27 bits per heavy atom. The Labute approximate surface area is 92.8 Å². The lowest BCUT2D eigenvalue weighted by Gasteiger charge is -2.06. The molecular formula is C9H15N3O2S. The molecule has 1 N–H and O–H groups in total. The van der Waals surface area contributed by atoms with E-state index in [1.807, 2.05) is 0 Å². The van der Waals surface area contributed by atoms with Crippen LogP contribution in [-0.4, -0.2) is 36.1 Å². The van der Waals surface area contributed by atoms with Gasteiger partial charge in [-0.05, 0) is 6.54 Å². The van der Waals surface area contributed by atoms with Gasteiger partial charge < -0.3 is 14.8 Å². The van der Waals surface area contributed by atoms with Gasteiger partial charge in [0.15, 0.2) is 0 Å². The van der Waals surface area contributed by atoms with Crippen LogP contribution >= 0.6 is 11.3 Å². The predicted octanol–water partition coefficient (Wildman–Crippen LogP) is 0.815. The maximum Gasteiger partial charge on any atom is 0.294 e. The molecule has 0 spiro atoms. The third kappa shape index (κ3) is 3.12. The van der Waals surface area contributed by atoms with Crippen molar-refractivity contribution in [2.24, 2.45) is 0 Å². The molecule has 84 valence electrons. The van der Waals surface area contributed by atoms with E-state index in [0.717, 1.165) is 31.1 Å². The molecule has 6 heteroatoms. The summed E-state index contributed by atoms with van der Waals surface area (Å²) in [5, 5.41) is 12.8. The number of hydrogen-bond donors (Lipinski definition) is 1. The Morgan fingerprint density at radius 1 is 1.60 bits per heavy atom. The summed E-state index contributed by atoms with van der Waals surface area (Å²) in [6.07, 6.45) is 1.10. The molecule has 1 aromatic rings. The predicted molar refractivity (Wildman–Crippen MR) is 57.1 cm³/mol. The molecule has 1 aromatic heterocycles. The summed E-state index contributed by atoms with van der Waals surface area (Å²) in [6, 6.07) is 0. The summed E-state index contributed by atoms with van der Waals surface area (Å²) in [5.41, 5.74) is 0. The van der Waals surface area contributed by atoms with Crippen molar-refractivity contribution in [3.8, 4) is 5.19 Å². The van der Waals surface area contributed by atoms with Crippen LogP contribution in [0.15, 0.2) is 0 Å². The van der Waals surface area contributed by atoms with E-state index in [2.05, 4.69) is 22.4 Å². The van der Waals surface area contributed by atoms with Crippen molar-refractivity contribution in [3.05, 3.63) is 5.01 Å². The first-order valence-electron chi connectivity index (χ1n) is 5.16. The van der Waals surface area contributed by atoms with Crippen molar-refractivity contribution in [2.45, 2.75) is 26.0 Å². The lowest BCUT2D eigenvalue weighted by atomic mass is 10.3. The standard InChI is InChI=1S/C9H15N3O2S/c1-2-10-5-8-11-12-9(15-8)14-7-3-4-13-6-7/h7,10H,2-6H2,1H3. The van der Waals surface area contributed by atoms with E-state index >= 15 is 0 Å². The monoisotopic (exact) mass is 229 g/mol. The van der Waals surface area contributed by atoms with Crippen molar-refractivity contribution in [3.63, 3.8) is 0 Å². The summed E-state index contributed by atoms with van der Waals surface area (Å²) in [5.74, 6) is 0. The minimum Gasteiger partial charge on any atom is -0.463 e. The fourth-order valence-electron chi connectivity index (χ4n) is 1.34. The molecule has 0 saturated carbocycles. The number of hydrogen-bond acceptors (Lipinski definition) is 6. The number of nitrogens with one attached hydrogen (secondary N) is 1. The maximum absolute atomic E-state index is 5.63. The van der Waals surface area contributed by atoms with Crippen molar-refractivity contribution in [1.29, 1.82) is 0 Å². The Balaban J connectivity index is 1.83. The molecule has 1 atom stereocenters. The topological polar surface area (TPSA) is 56.3 Å². The van der Waals surface area contributed by atoms with E-state index in [9.17, 15) is 0 Å². The number of ether oxygens (including phenoxy) is 2. The summed E-state index contributed by atoms with van der Waals surface area (Å²) in [7, 11) is 0. The van der Waals surface area contributed by atoms with E-state index in [1.165, 1.54) is 11.3 Å². The van der Waals surface area contributed by atoms with Crippen LogP contribution < -0.4 is 10.1 Å². The van der Waals surface area contributed by atoms with Gasteiger partial charge in [-0.1, -0.05) is 23.4 Å². The number of aromatic nitrogens is 2. The molecule has 0 radical (unpaired) electrons. The third-order valence-electron chi connectivity index (χ3n) is 2.13. The highest BCUT2D eigenvalue weighted by atomic mass is 32.1. The molecular weight excluding hydrogens is 214 g/mol. The second kappa shape index (κ2) is 5.39. The molecule has 0 aliphatic carbocycles. The minimum absolute atomic E-state index is 0.157. The fourth-order valence-corrected chi connectivity index (χ4v) is 2.06. The molecule has 1 aliphatic heterocycles. The summed E-state index contributed by atoms with van der Waals surface area (Å²) < 4.78 is 10.8. The lowest BCUT2D eigenvalue weighted by molar-refractivity contribution is 0.140. The normalized spacial score (nSPS) is 20.7. The van der Waals surface area contributed by atoms with Crippen LogP contribution in [0.5, 0.6) is 5.19 Å². The smallest absolute Gasteiger partial charge is 0.294 e. The van der Waals surface area contributed by atoms with Gasteiger partial charge in [-0.2, -0.15) is 0 Å². The molecule has 5 nitrogen and oxygen atoms in total. The van der Waals surface area contributed by atoms with E-state index in [4.69, 9.17) is 9.47 Å². The highest BCUT2D eigenvalue weighted by Crippen LogP contribution is 2.21. The Kier molecular flexibility index (Phi) is 3.87. The third-order valence-corrected chi connectivity index (χ3v) is 2.94. The molecule has 2 heterocycles. The number of rotatable bonds is 5. The van der Waals surface area contributed by atoms with Gasteiger partial charge in [-0.25, -0.2) is 0 Å². The Hall–Kier alpha value is -0.720. The van der Waals surface area contributed by atoms with Gasteiger partial charge in [-0.3, -0.25) is 0 Å². The van der Waals surface area contributed by atoms with Crippen LogP contribution in [0.4, 0.5) is 0 Å². The Morgan fingerprint density at radius 2 is 2.53 bits per heavy atom. The first-order valence-corrected chi connectivity index (χ1v) is 5.97. The van der Waals surface area contributed by atoms with Crippen LogP contribution in [0, 0.1) is 0 Å². The molecule has 0 amide bonds. The van der Waals surface area contributed by atoms with Gasteiger partial charge in [0.1, 0.15) is 11.1 Å². The molecule has 1 unspecified atom stereocenters. The van der Waals surface area contributed by atoms with Crippen molar-refractivity contribution in [2.75, 3.05) is 19.8 Å². The van der Waals surface area contributed by atoms with E-state index < -0.39 is 0 Å². The molecule has 0 aromatic carbocycles. The summed E-state index contributed by atoms with van der Waals surface area (Å²) >= 11 is 1.50. The molecule has 1 fully saturated rings. The van der Waals surface area contributed by atoms with Gasteiger partial charge in [0.25, 0.3) is 5.19 Å². The van der Waals surface area contributed by atoms with Gasteiger partial charge >= 0.3 is 0 Å².